The van der Waals surface area contributed by atoms with Gasteiger partial charge in [0.2, 0.25) is 5.91 Å². The molecule has 9 nitrogen and oxygen atoms in total. The van der Waals surface area contributed by atoms with Gasteiger partial charge in [-0.05, 0) is 50.2 Å². The number of halogens is 1. The molecule has 2 N–H and O–H groups in total. The number of amides is 3. The number of urea groups is 1. The number of nitrogens with zero attached hydrogens (tertiary/aromatic N) is 3. The van der Waals surface area contributed by atoms with E-state index in [0.717, 1.165) is 11.8 Å². The van der Waals surface area contributed by atoms with E-state index >= 15 is 0 Å². The van der Waals surface area contributed by atoms with Crippen molar-refractivity contribution < 1.29 is 23.5 Å². The summed E-state index contributed by atoms with van der Waals surface area (Å²) in [6.45, 7) is 3.76. The number of para-hydroxylation sites is 1. The zero-order chi connectivity index (χ0) is 23.8. The summed E-state index contributed by atoms with van der Waals surface area (Å²) < 4.78 is 27.1. The maximum absolute atomic E-state index is 14.6. The van der Waals surface area contributed by atoms with Crippen molar-refractivity contribution in [3.8, 4) is 17.2 Å². The average molecular weight is 474 g/mol. The van der Waals surface area contributed by atoms with Gasteiger partial charge < -0.3 is 14.8 Å². The van der Waals surface area contributed by atoms with Crippen LogP contribution in [0.1, 0.15) is 19.7 Å². The van der Waals surface area contributed by atoms with Gasteiger partial charge >= 0.3 is 6.03 Å². The molecule has 0 aliphatic heterocycles. The largest absolute Gasteiger partial charge is 0.497 e. The highest BCUT2D eigenvalue weighted by Gasteiger charge is 2.23. The summed E-state index contributed by atoms with van der Waals surface area (Å²) in [5, 5.41) is 12.6. The molecule has 0 bridgehead atoms. The van der Waals surface area contributed by atoms with Gasteiger partial charge in [0, 0.05) is 6.54 Å². The lowest BCUT2D eigenvalue weighted by atomic mass is 10.3. The number of thioether (sulfide) groups is 1. The monoisotopic (exact) mass is 473 g/mol. The van der Waals surface area contributed by atoms with E-state index in [-0.39, 0.29) is 17.5 Å². The average Bonchev–Trinajstić information content (AvgIpc) is 3.20. The maximum atomic E-state index is 14.6. The molecule has 0 spiro atoms. The number of nitrogens with one attached hydrogen (secondary N) is 2. The molecule has 1 aromatic heterocycles. The number of hydrogen-bond acceptors (Lipinski definition) is 7. The fourth-order valence-electron chi connectivity index (χ4n) is 2.79. The molecule has 174 valence electrons. The van der Waals surface area contributed by atoms with Gasteiger partial charge in [-0.3, -0.25) is 14.7 Å². The highest BCUT2D eigenvalue weighted by atomic mass is 32.2. The third-order valence-corrected chi connectivity index (χ3v) is 5.49. The Bertz CT molecular complexity index is 1110. The van der Waals surface area contributed by atoms with E-state index in [1.54, 1.807) is 63.4 Å². The highest BCUT2D eigenvalue weighted by Crippen LogP contribution is 2.28. The SMILES string of the molecule is CCNC(=O)NC(=O)[C@H](C)Sc1nnc(COc2ccc(OC)cc2)n1-c1ccccc1F. The molecule has 0 aliphatic carbocycles. The molecule has 1 atom stereocenters. The van der Waals surface area contributed by atoms with E-state index in [0.29, 0.717) is 23.9 Å². The lowest BCUT2D eigenvalue weighted by molar-refractivity contribution is -0.119. The lowest BCUT2D eigenvalue weighted by Gasteiger charge is -2.14. The minimum Gasteiger partial charge on any atom is -0.497 e. The molecule has 0 fully saturated rings. The summed E-state index contributed by atoms with van der Waals surface area (Å²) in [6, 6.07) is 12.6. The summed E-state index contributed by atoms with van der Waals surface area (Å²) in [6.07, 6.45) is 0. The number of ether oxygens (including phenoxy) is 2. The van der Waals surface area contributed by atoms with Crippen molar-refractivity contribution in [1.29, 1.82) is 0 Å². The standard InChI is InChI=1S/C22H24FN5O4S/c1-4-24-21(30)25-20(29)14(2)33-22-27-26-19(28(22)18-8-6-5-7-17(18)23)13-32-16-11-9-15(31-3)10-12-16/h5-12,14H,4,13H2,1-3H3,(H2,24,25,29,30)/t14-/m0/s1. The first kappa shape index (κ1) is 24.1. The number of rotatable bonds is 9. The van der Waals surface area contributed by atoms with E-state index in [9.17, 15) is 14.0 Å². The number of aromatic nitrogens is 3. The first-order chi connectivity index (χ1) is 15.9. The maximum Gasteiger partial charge on any atom is 0.321 e. The smallest absolute Gasteiger partial charge is 0.321 e. The molecule has 3 rings (SSSR count). The zero-order valence-corrected chi connectivity index (χ0v) is 19.2. The van der Waals surface area contributed by atoms with Gasteiger partial charge in [-0.2, -0.15) is 0 Å². The van der Waals surface area contributed by atoms with E-state index in [4.69, 9.17) is 9.47 Å². The Labute approximate surface area is 194 Å². The second-order valence-electron chi connectivity index (χ2n) is 6.76. The number of imide groups is 1. The van der Waals surface area contributed by atoms with Crippen molar-refractivity contribution in [3.63, 3.8) is 0 Å². The minimum absolute atomic E-state index is 0.00765. The molecule has 0 aliphatic rings. The van der Waals surface area contributed by atoms with Crippen molar-refractivity contribution >= 4 is 23.7 Å². The highest BCUT2D eigenvalue weighted by molar-refractivity contribution is 8.00. The van der Waals surface area contributed by atoms with Gasteiger partial charge in [0.15, 0.2) is 11.0 Å². The van der Waals surface area contributed by atoms with Crippen molar-refractivity contribution in [2.24, 2.45) is 0 Å². The summed E-state index contributed by atoms with van der Waals surface area (Å²) in [5.41, 5.74) is 0.217. The molecule has 0 unspecified atom stereocenters. The first-order valence-electron chi connectivity index (χ1n) is 10.1. The predicted molar refractivity (Wildman–Crippen MR) is 121 cm³/mol. The van der Waals surface area contributed by atoms with Crippen molar-refractivity contribution in [2.45, 2.75) is 30.9 Å². The Hall–Kier alpha value is -3.60. The molecule has 0 saturated carbocycles. The number of hydrogen-bond donors (Lipinski definition) is 2. The Morgan fingerprint density at radius 3 is 2.48 bits per heavy atom. The number of methoxy groups -OCH3 is 1. The second-order valence-corrected chi connectivity index (χ2v) is 8.07. The van der Waals surface area contributed by atoms with Crippen LogP contribution in [0.25, 0.3) is 5.69 Å². The van der Waals surface area contributed by atoms with Crippen LogP contribution in [0.2, 0.25) is 0 Å². The predicted octanol–water partition coefficient (Wildman–Crippen LogP) is 3.32. The van der Waals surface area contributed by atoms with Crippen LogP contribution in [-0.2, 0) is 11.4 Å². The Morgan fingerprint density at radius 1 is 1.12 bits per heavy atom. The van der Waals surface area contributed by atoms with Crippen LogP contribution in [0.3, 0.4) is 0 Å². The van der Waals surface area contributed by atoms with Gasteiger partial charge in [-0.15, -0.1) is 10.2 Å². The fourth-order valence-corrected chi connectivity index (χ4v) is 3.67. The van der Waals surface area contributed by atoms with Crippen LogP contribution in [0.5, 0.6) is 11.5 Å². The van der Waals surface area contributed by atoms with Gasteiger partial charge in [-0.1, -0.05) is 23.9 Å². The van der Waals surface area contributed by atoms with Gasteiger partial charge in [-0.25, -0.2) is 9.18 Å². The zero-order valence-electron chi connectivity index (χ0n) is 18.4. The number of carbonyl (C=O) groups is 2. The van der Waals surface area contributed by atoms with Gasteiger partial charge in [0.25, 0.3) is 0 Å². The van der Waals surface area contributed by atoms with E-state index in [1.165, 1.54) is 10.6 Å². The third-order valence-electron chi connectivity index (χ3n) is 4.45. The van der Waals surface area contributed by atoms with Gasteiger partial charge in [0.1, 0.15) is 23.9 Å². The molecule has 0 saturated heterocycles. The molecule has 0 radical (unpaired) electrons. The van der Waals surface area contributed by atoms with Crippen LogP contribution >= 0.6 is 11.8 Å². The van der Waals surface area contributed by atoms with Crippen LogP contribution in [0.15, 0.2) is 53.7 Å². The Balaban J connectivity index is 1.83. The number of benzene rings is 2. The third kappa shape index (κ3) is 6.22. The Morgan fingerprint density at radius 2 is 1.82 bits per heavy atom. The molecule has 3 aromatic rings. The van der Waals surface area contributed by atoms with Crippen molar-refractivity contribution in [1.82, 2.24) is 25.4 Å². The fraction of sp³-hybridized carbons (Fsp3) is 0.273. The van der Waals surface area contributed by atoms with Crippen LogP contribution in [-0.4, -0.2) is 45.6 Å². The normalized spacial score (nSPS) is 11.5. The first-order valence-corrected chi connectivity index (χ1v) is 11.0. The molecule has 3 amide bonds. The molecule has 2 aromatic carbocycles. The van der Waals surface area contributed by atoms with Crippen molar-refractivity contribution in [3.05, 3.63) is 60.2 Å². The summed E-state index contributed by atoms with van der Waals surface area (Å²) in [5.74, 6) is 0.613. The minimum atomic E-state index is -0.697. The second kappa shape index (κ2) is 11.3. The topological polar surface area (TPSA) is 107 Å². The lowest BCUT2D eigenvalue weighted by Crippen LogP contribution is -2.42. The molecule has 33 heavy (non-hydrogen) atoms. The molecular weight excluding hydrogens is 449 g/mol. The molecular formula is C22H24FN5O4S. The van der Waals surface area contributed by atoms with E-state index in [2.05, 4.69) is 20.8 Å². The summed E-state index contributed by atoms with van der Waals surface area (Å²) >= 11 is 1.05. The number of carbonyl (C=O) groups excluding carboxylic acids is 2. The summed E-state index contributed by atoms with van der Waals surface area (Å²) in [4.78, 5) is 24.0. The van der Waals surface area contributed by atoms with Crippen LogP contribution in [0, 0.1) is 5.82 Å². The quantitative estimate of drug-likeness (QED) is 0.459. The molecule has 11 heteroatoms. The van der Waals surface area contributed by atoms with Crippen LogP contribution in [0.4, 0.5) is 9.18 Å². The van der Waals surface area contributed by atoms with E-state index < -0.39 is 23.0 Å². The summed E-state index contributed by atoms with van der Waals surface area (Å²) in [7, 11) is 1.57. The Kier molecular flexibility index (Phi) is 8.25. The van der Waals surface area contributed by atoms with E-state index in [1.807, 2.05) is 0 Å². The van der Waals surface area contributed by atoms with Gasteiger partial charge in [0.05, 0.1) is 18.0 Å². The van der Waals surface area contributed by atoms with Crippen LogP contribution < -0.4 is 20.1 Å². The van der Waals surface area contributed by atoms with Crippen molar-refractivity contribution in [2.75, 3.05) is 13.7 Å². The molecule has 1 heterocycles.